The zero-order valence-corrected chi connectivity index (χ0v) is 10.7. The molecule has 0 radical (unpaired) electrons. The van der Waals surface area contributed by atoms with Gasteiger partial charge in [0, 0.05) is 0 Å². The summed E-state index contributed by atoms with van der Waals surface area (Å²) in [7, 11) is 0. The minimum absolute atomic E-state index is 0.473. The summed E-state index contributed by atoms with van der Waals surface area (Å²) < 4.78 is 0. The van der Waals surface area contributed by atoms with E-state index in [1.165, 1.54) is 19.3 Å². The molecule has 0 rings (SSSR count). The Morgan fingerprint density at radius 3 is 1.62 bits per heavy atom. The van der Waals surface area contributed by atoms with Crippen LogP contribution in [0.5, 0.6) is 0 Å². The molecular weight excluding hydrogens is 156 g/mol. The Labute approximate surface area is 85.1 Å². The van der Waals surface area contributed by atoms with E-state index in [-0.39, 0.29) is 0 Å². The lowest BCUT2D eigenvalue weighted by Gasteiger charge is -2.36. The molecule has 13 heavy (non-hydrogen) atoms. The van der Waals surface area contributed by atoms with E-state index in [0.717, 1.165) is 5.92 Å². The van der Waals surface area contributed by atoms with E-state index in [1.807, 2.05) is 0 Å². The molecule has 0 aromatic rings. The highest BCUT2D eigenvalue weighted by Crippen LogP contribution is 2.39. The third-order valence-corrected chi connectivity index (χ3v) is 3.47. The van der Waals surface area contributed by atoms with Crippen molar-refractivity contribution in [2.75, 3.05) is 0 Å². The maximum absolute atomic E-state index is 2.39. The maximum atomic E-state index is 2.39. The van der Waals surface area contributed by atoms with Gasteiger partial charge in [-0.05, 0) is 23.2 Å². The van der Waals surface area contributed by atoms with Crippen molar-refractivity contribution in [2.24, 2.45) is 16.7 Å². The fraction of sp³-hybridized carbons (Fsp3) is 1.00. The van der Waals surface area contributed by atoms with Gasteiger partial charge in [0.2, 0.25) is 0 Å². The van der Waals surface area contributed by atoms with Crippen LogP contribution in [0, 0.1) is 16.7 Å². The summed E-state index contributed by atoms with van der Waals surface area (Å²) in [6, 6.07) is 0. The largest absolute Gasteiger partial charge is 0.0651 e. The molecule has 0 aliphatic carbocycles. The molecule has 0 fully saturated rings. The molecule has 0 aliphatic rings. The molecule has 0 aliphatic heterocycles. The molecule has 0 bridgehead atoms. The number of hydrogen-bond donors (Lipinski definition) is 0. The molecule has 0 aromatic carbocycles. The van der Waals surface area contributed by atoms with Crippen LogP contribution in [0.4, 0.5) is 0 Å². The van der Waals surface area contributed by atoms with Gasteiger partial charge in [0.05, 0.1) is 0 Å². The van der Waals surface area contributed by atoms with E-state index in [0.29, 0.717) is 10.8 Å². The summed E-state index contributed by atoms with van der Waals surface area (Å²) in [5, 5.41) is 0. The van der Waals surface area contributed by atoms with E-state index in [1.54, 1.807) is 0 Å². The average molecular weight is 184 g/mol. The third kappa shape index (κ3) is 4.69. The van der Waals surface area contributed by atoms with E-state index < -0.39 is 0 Å². The normalized spacial score (nSPS) is 15.9. The topological polar surface area (TPSA) is 0 Å². The Hall–Kier alpha value is 0. The molecule has 0 amide bonds. The average Bonchev–Trinajstić information content (AvgIpc) is 1.98. The van der Waals surface area contributed by atoms with Crippen LogP contribution in [-0.2, 0) is 0 Å². The molecule has 1 unspecified atom stereocenters. The van der Waals surface area contributed by atoms with Crippen LogP contribution in [0.25, 0.3) is 0 Å². The van der Waals surface area contributed by atoms with Crippen LogP contribution in [0.3, 0.4) is 0 Å². The smallest absolute Gasteiger partial charge is 0.0354 e. The Morgan fingerprint density at radius 1 is 0.923 bits per heavy atom. The van der Waals surface area contributed by atoms with Gasteiger partial charge in [0.25, 0.3) is 0 Å². The molecule has 0 saturated heterocycles. The first-order valence-electron chi connectivity index (χ1n) is 5.73. The van der Waals surface area contributed by atoms with Crippen molar-refractivity contribution >= 4 is 0 Å². The predicted octanol–water partition coefficient (Wildman–Crippen LogP) is 4.89. The van der Waals surface area contributed by atoms with Gasteiger partial charge in [-0.15, -0.1) is 0 Å². The first-order valence-corrected chi connectivity index (χ1v) is 5.73. The third-order valence-electron chi connectivity index (χ3n) is 3.47. The fourth-order valence-corrected chi connectivity index (χ4v) is 1.87. The van der Waals surface area contributed by atoms with Gasteiger partial charge in [-0.3, -0.25) is 0 Å². The van der Waals surface area contributed by atoms with Crippen LogP contribution in [0.2, 0.25) is 0 Å². The summed E-state index contributed by atoms with van der Waals surface area (Å²) in [5.41, 5.74) is 0.995. The summed E-state index contributed by atoms with van der Waals surface area (Å²) in [4.78, 5) is 0. The molecule has 0 nitrogen and oxygen atoms in total. The van der Waals surface area contributed by atoms with Gasteiger partial charge in [-0.25, -0.2) is 0 Å². The molecule has 1 atom stereocenters. The van der Waals surface area contributed by atoms with Crippen molar-refractivity contribution in [3.8, 4) is 0 Å². The van der Waals surface area contributed by atoms with Gasteiger partial charge in [-0.1, -0.05) is 61.3 Å². The quantitative estimate of drug-likeness (QED) is 0.584. The van der Waals surface area contributed by atoms with Gasteiger partial charge in [0.1, 0.15) is 0 Å². The molecular formula is C13H28. The summed E-state index contributed by atoms with van der Waals surface area (Å²) in [5.74, 6) is 0.863. The molecule has 0 heteroatoms. The van der Waals surface area contributed by atoms with E-state index in [2.05, 4.69) is 48.5 Å². The Balaban J connectivity index is 4.30. The molecule has 80 valence electrons. The molecule has 0 heterocycles. The molecule has 0 saturated carbocycles. The van der Waals surface area contributed by atoms with Gasteiger partial charge in [-0.2, -0.15) is 0 Å². The standard InChI is InChI=1S/C13H28/c1-8-11(12(3,4)5)10-13(6,7)9-2/h11H,8-10H2,1-7H3. The molecule has 0 aromatic heterocycles. The minimum atomic E-state index is 0.473. The van der Waals surface area contributed by atoms with Crippen LogP contribution >= 0.6 is 0 Å². The van der Waals surface area contributed by atoms with E-state index in [4.69, 9.17) is 0 Å². The fourth-order valence-electron chi connectivity index (χ4n) is 1.87. The first kappa shape index (κ1) is 13.0. The SMILES string of the molecule is CCC(CC(C)(C)CC)C(C)(C)C. The van der Waals surface area contributed by atoms with Crippen molar-refractivity contribution in [2.45, 2.75) is 67.7 Å². The second kappa shape index (κ2) is 4.48. The second-order valence-electron chi connectivity index (χ2n) is 6.19. The zero-order valence-electron chi connectivity index (χ0n) is 10.7. The Kier molecular flexibility index (Phi) is 4.48. The first-order chi connectivity index (χ1) is 5.73. The Morgan fingerprint density at radius 2 is 1.38 bits per heavy atom. The van der Waals surface area contributed by atoms with Crippen molar-refractivity contribution in [1.29, 1.82) is 0 Å². The predicted molar refractivity (Wildman–Crippen MR) is 61.9 cm³/mol. The van der Waals surface area contributed by atoms with Crippen molar-refractivity contribution in [3.05, 3.63) is 0 Å². The molecule has 0 spiro atoms. The van der Waals surface area contributed by atoms with Gasteiger partial charge < -0.3 is 0 Å². The highest BCUT2D eigenvalue weighted by molar-refractivity contribution is 4.79. The van der Waals surface area contributed by atoms with E-state index in [9.17, 15) is 0 Å². The number of rotatable bonds is 4. The Bertz CT molecular complexity index is 137. The minimum Gasteiger partial charge on any atom is -0.0651 e. The van der Waals surface area contributed by atoms with Crippen molar-refractivity contribution in [3.63, 3.8) is 0 Å². The monoisotopic (exact) mass is 184 g/mol. The van der Waals surface area contributed by atoms with Crippen LogP contribution in [0.1, 0.15) is 67.7 Å². The highest BCUT2D eigenvalue weighted by Gasteiger charge is 2.28. The zero-order chi connectivity index (χ0) is 10.7. The number of hydrogen-bond acceptors (Lipinski definition) is 0. The lowest BCUT2D eigenvalue weighted by Crippen LogP contribution is -2.26. The maximum Gasteiger partial charge on any atom is -0.0354 e. The van der Waals surface area contributed by atoms with E-state index >= 15 is 0 Å². The van der Waals surface area contributed by atoms with Gasteiger partial charge in [0.15, 0.2) is 0 Å². The summed E-state index contributed by atoms with van der Waals surface area (Å²) in [6.45, 7) is 16.5. The van der Waals surface area contributed by atoms with Crippen LogP contribution < -0.4 is 0 Å². The summed E-state index contributed by atoms with van der Waals surface area (Å²) in [6.07, 6.45) is 3.97. The second-order valence-corrected chi connectivity index (χ2v) is 6.19. The van der Waals surface area contributed by atoms with Crippen LogP contribution in [0.15, 0.2) is 0 Å². The lowest BCUT2D eigenvalue weighted by atomic mass is 9.69. The summed E-state index contributed by atoms with van der Waals surface area (Å²) >= 11 is 0. The van der Waals surface area contributed by atoms with Crippen molar-refractivity contribution in [1.82, 2.24) is 0 Å². The van der Waals surface area contributed by atoms with Crippen molar-refractivity contribution < 1.29 is 0 Å². The lowest BCUT2D eigenvalue weighted by molar-refractivity contribution is 0.147. The molecule has 0 N–H and O–H groups in total. The van der Waals surface area contributed by atoms with Crippen LogP contribution in [-0.4, -0.2) is 0 Å². The highest BCUT2D eigenvalue weighted by atomic mass is 14.3. The van der Waals surface area contributed by atoms with Gasteiger partial charge >= 0.3 is 0 Å².